The van der Waals surface area contributed by atoms with Gasteiger partial charge in [0.05, 0.1) is 23.2 Å². The van der Waals surface area contributed by atoms with Crippen LogP contribution in [0.25, 0.3) is 10.9 Å². The summed E-state index contributed by atoms with van der Waals surface area (Å²) in [6, 6.07) is 6.20. The van der Waals surface area contributed by atoms with E-state index in [2.05, 4.69) is 26.0 Å². The molecule has 3 amide bonds. The molecule has 1 aromatic carbocycles. The molecule has 2 heterocycles. The highest BCUT2D eigenvalue weighted by molar-refractivity contribution is 6.05. The van der Waals surface area contributed by atoms with E-state index in [4.69, 9.17) is 4.74 Å². The molecular weight excluding hydrogens is 541 g/mol. The second-order valence-electron chi connectivity index (χ2n) is 9.56. The second-order valence-corrected chi connectivity index (χ2v) is 9.56. The molecule has 1 aliphatic rings. The smallest absolute Gasteiger partial charge is 0.433 e. The molecule has 0 fully saturated rings. The Hall–Kier alpha value is -4.68. The zero-order chi connectivity index (χ0) is 29.6. The summed E-state index contributed by atoms with van der Waals surface area (Å²) in [6.45, 7) is 3.97. The van der Waals surface area contributed by atoms with Crippen LogP contribution < -0.4 is 20.7 Å². The molecule has 0 spiro atoms. The van der Waals surface area contributed by atoms with E-state index in [-0.39, 0.29) is 54.9 Å². The van der Waals surface area contributed by atoms with Gasteiger partial charge in [0, 0.05) is 30.7 Å². The Morgan fingerprint density at radius 1 is 1.12 bits per heavy atom. The Bertz CT molecular complexity index is 1500. The fraction of sp³-hybridized carbons (Fsp3) is 0.321. The van der Waals surface area contributed by atoms with Crippen LogP contribution in [0.15, 0.2) is 60.8 Å². The number of anilines is 1. The fourth-order valence-electron chi connectivity index (χ4n) is 4.04. The van der Waals surface area contributed by atoms with Crippen molar-refractivity contribution in [3.8, 4) is 5.75 Å². The lowest BCUT2D eigenvalue weighted by Gasteiger charge is -2.15. The van der Waals surface area contributed by atoms with Crippen LogP contribution in [0.5, 0.6) is 5.75 Å². The van der Waals surface area contributed by atoms with Crippen LogP contribution in [-0.2, 0) is 22.3 Å². The lowest BCUT2D eigenvalue weighted by molar-refractivity contribution is -0.141. The Kier molecular flexibility index (Phi) is 9.05. The third kappa shape index (κ3) is 7.93. The first-order valence-corrected chi connectivity index (χ1v) is 12.9. The number of carbonyl (C=O) groups excluding carboxylic acids is 3. The average Bonchev–Trinajstić information content (AvgIpc) is 3.31. The number of fused-ring (bicyclic) bond motifs is 1. The lowest BCUT2D eigenvalue weighted by Crippen LogP contribution is -2.38. The molecule has 0 aliphatic heterocycles. The molecule has 2 aromatic heterocycles. The van der Waals surface area contributed by atoms with Crippen molar-refractivity contribution in [3.05, 3.63) is 72.2 Å². The maximum Gasteiger partial charge on any atom is 0.433 e. The van der Waals surface area contributed by atoms with Gasteiger partial charge in [-0.05, 0) is 38.5 Å². The number of alkyl halides is 3. The van der Waals surface area contributed by atoms with Gasteiger partial charge in [-0.25, -0.2) is 4.98 Å². The number of amides is 3. The van der Waals surface area contributed by atoms with Crippen molar-refractivity contribution < 1.29 is 32.3 Å². The number of pyridine rings is 1. The van der Waals surface area contributed by atoms with Gasteiger partial charge in [-0.1, -0.05) is 30.4 Å². The van der Waals surface area contributed by atoms with Crippen LogP contribution >= 0.6 is 0 Å². The van der Waals surface area contributed by atoms with Gasteiger partial charge < -0.3 is 20.7 Å². The minimum Gasteiger partial charge on any atom is -0.489 e. The van der Waals surface area contributed by atoms with Gasteiger partial charge in [0.25, 0.3) is 5.91 Å². The number of hydrogen-bond acceptors (Lipinski definition) is 6. The highest BCUT2D eigenvalue weighted by Crippen LogP contribution is 2.32. The summed E-state index contributed by atoms with van der Waals surface area (Å²) in [5.74, 6) is -1.24. The Balaban J connectivity index is 1.41. The molecule has 1 atom stereocenters. The van der Waals surface area contributed by atoms with E-state index in [0.717, 1.165) is 12.1 Å². The molecule has 0 saturated carbocycles. The Morgan fingerprint density at radius 3 is 2.61 bits per heavy atom. The predicted molar refractivity (Wildman–Crippen MR) is 145 cm³/mol. The van der Waals surface area contributed by atoms with E-state index in [9.17, 15) is 27.6 Å². The van der Waals surface area contributed by atoms with E-state index < -0.39 is 23.5 Å². The molecule has 10 nitrogen and oxygen atoms in total. The van der Waals surface area contributed by atoms with E-state index >= 15 is 0 Å². The van der Waals surface area contributed by atoms with E-state index in [1.54, 1.807) is 32.2 Å². The quantitative estimate of drug-likeness (QED) is 0.318. The van der Waals surface area contributed by atoms with Gasteiger partial charge in [-0.15, -0.1) is 0 Å². The van der Waals surface area contributed by atoms with Crippen molar-refractivity contribution in [2.24, 2.45) is 5.92 Å². The lowest BCUT2D eigenvalue weighted by atomic mass is 10.0. The number of benzene rings is 1. The highest BCUT2D eigenvalue weighted by atomic mass is 19.4. The van der Waals surface area contributed by atoms with Gasteiger partial charge in [0.1, 0.15) is 23.7 Å². The maximum absolute atomic E-state index is 13.0. The topological polar surface area (TPSA) is 127 Å². The maximum atomic E-state index is 13.0. The van der Waals surface area contributed by atoms with Gasteiger partial charge in [0.15, 0.2) is 0 Å². The molecule has 4 rings (SSSR count). The summed E-state index contributed by atoms with van der Waals surface area (Å²) in [7, 11) is 0. The number of rotatable bonds is 10. The summed E-state index contributed by atoms with van der Waals surface area (Å²) >= 11 is 0. The number of nitrogens with zero attached hydrogens (tertiary/aromatic N) is 3. The van der Waals surface area contributed by atoms with E-state index in [0.29, 0.717) is 17.3 Å². The van der Waals surface area contributed by atoms with E-state index in [1.807, 2.05) is 24.3 Å². The Morgan fingerprint density at radius 2 is 1.90 bits per heavy atom. The summed E-state index contributed by atoms with van der Waals surface area (Å²) in [4.78, 5) is 40.8. The first-order chi connectivity index (χ1) is 19.5. The predicted octanol–water partition coefficient (Wildman–Crippen LogP) is 3.85. The zero-order valence-corrected chi connectivity index (χ0v) is 22.4. The molecule has 1 unspecified atom stereocenters. The first kappa shape index (κ1) is 29.3. The first-order valence-electron chi connectivity index (χ1n) is 12.9. The molecule has 3 N–H and O–H groups in total. The minimum atomic E-state index is -4.69. The van der Waals surface area contributed by atoms with Crippen molar-refractivity contribution in [2.45, 2.75) is 39.1 Å². The molecule has 1 aliphatic carbocycles. The van der Waals surface area contributed by atoms with E-state index in [1.165, 1.54) is 10.7 Å². The van der Waals surface area contributed by atoms with Gasteiger partial charge >= 0.3 is 6.18 Å². The molecule has 13 heteroatoms. The molecule has 3 aromatic rings. The third-order valence-corrected chi connectivity index (χ3v) is 5.91. The van der Waals surface area contributed by atoms with Crippen LogP contribution in [0.4, 0.5) is 18.9 Å². The molecule has 0 bridgehead atoms. The number of aromatic nitrogens is 3. The monoisotopic (exact) mass is 570 g/mol. The molecular formula is C28H29F3N6O4. The van der Waals surface area contributed by atoms with Crippen molar-refractivity contribution >= 4 is 34.3 Å². The summed E-state index contributed by atoms with van der Waals surface area (Å²) in [5, 5.41) is 13.0. The standard InChI is InChI=1S/C28H29F3N6O4/c1-17(2)41-23-14-21-19(13-22(23)35-27(40)20-9-6-10-24(34-20)28(29,30)31)15-37(36-21)16-25(38)32-11-12-33-26(39)18-7-4-3-5-8-18/h3-7,9-10,13-15,17-18H,8,11-12,16H2,1-2H3,(H,32,38)(H,33,39)(H,35,40). The molecule has 0 saturated heterocycles. The number of carbonyl (C=O) groups is 3. The number of ether oxygens (including phenoxy) is 1. The van der Waals surface area contributed by atoms with Crippen LogP contribution in [0.2, 0.25) is 0 Å². The van der Waals surface area contributed by atoms with Crippen molar-refractivity contribution in [3.63, 3.8) is 0 Å². The summed E-state index contributed by atoms with van der Waals surface area (Å²) in [6.07, 6.45) is 4.71. The SMILES string of the molecule is CC(C)Oc1cc2nn(CC(=O)NCCNC(=O)C3C=CC=CC3)cc2cc1NC(=O)c1cccc(C(F)(F)F)n1. The average molecular weight is 571 g/mol. The number of hydrogen-bond donors (Lipinski definition) is 3. The molecule has 216 valence electrons. The van der Waals surface area contributed by atoms with Gasteiger partial charge in [0.2, 0.25) is 11.8 Å². The zero-order valence-electron chi connectivity index (χ0n) is 22.4. The molecule has 0 radical (unpaired) electrons. The number of allylic oxidation sites excluding steroid dienone is 3. The minimum absolute atomic E-state index is 0.102. The van der Waals surface area contributed by atoms with Crippen LogP contribution in [0.3, 0.4) is 0 Å². The summed E-state index contributed by atoms with van der Waals surface area (Å²) < 4.78 is 46.4. The van der Waals surface area contributed by atoms with Gasteiger partial charge in [-0.2, -0.15) is 18.3 Å². The van der Waals surface area contributed by atoms with Crippen molar-refractivity contribution in [1.29, 1.82) is 0 Å². The van der Waals surface area contributed by atoms with Gasteiger partial charge in [-0.3, -0.25) is 19.1 Å². The summed E-state index contributed by atoms with van der Waals surface area (Å²) in [5.41, 5.74) is -0.907. The highest BCUT2D eigenvalue weighted by Gasteiger charge is 2.33. The molecule has 41 heavy (non-hydrogen) atoms. The fourth-order valence-corrected chi connectivity index (χ4v) is 4.04. The second kappa shape index (κ2) is 12.7. The van der Waals surface area contributed by atoms with Crippen LogP contribution in [-0.4, -0.2) is 51.7 Å². The normalized spacial score (nSPS) is 14.7. The van der Waals surface area contributed by atoms with Crippen molar-refractivity contribution in [1.82, 2.24) is 25.4 Å². The van der Waals surface area contributed by atoms with Crippen molar-refractivity contribution in [2.75, 3.05) is 18.4 Å². The Labute approximate surface area is 233 Å². The van der Waals surface area contributed by atoms with Crippen LogP contribution in [0, 0.1) is 5.92 Å². The largest absolute Gasteiger partial charge is 0.489 e. The number of halogens is 3. The third-order valence-electron chi connectivity index (χ3n) is 5.91. The van der Waals surface area contributed by atoms with Crippen LogP contribution in [0.1, 0.15) is 36.5 Å². The number of nitrogens with one attached hydrogen (secondary N) is 3.